The van der Waals surface area contributed by atoms with Crippen LogP contribution in [0.15, 0.2) is 53.9 Å². The summed E-state index contributed by atoms with van der Waals surface area (Å²) in [5.74, 6) is 6.93. The molecule has 0 atom stereocenters. The van der Waals surface area contributed by atoms with Gasteiger partial charge in [0.2, 0.25) is 0 Å². The van der Waals surface area contributed by atoms with Gasteiger partial charge in [-0.3, -0.25) is 0 Å². The van der Waals surface area contributed by atoms with Crippen molar-refractivity contribution in [1.29, 1.82) is 0 Å². The summed E-state index contributed by atoms with van der Waals surface area (Å²) in [5.41, 5.74) is 2.45. The lowest BCUT2D eigenvalue weighted by Gasteiger charge is -2.07. The standard InChI is InChI=1S/C15H13S.C5H6S/c1-12(2)15-8-4-3-6-13(15)9-10-14-7-5-11-16-14;1-5-3-2-4-6-5/h3-8,12H,1-2H3;2-4H,1H3. The summed E-state index contributed by atoms with van der Waals surface area (Å²) in [5, 5.41) is 5.12. The molecule has 0 aliphatic heterocycles. The molecular weight excluding hydrogens is 304 g/mol. The minimum atomic E-state index is 0.514. The van der Waals surface area contributed by atoms with E-state index >= 15 is 0 Å². The van der Waals surface area contributed by atoms with Crippen molar-refractivity contribution >= 4 is 22.7 Å². The fraction of sp³-hybridized carbons (Fsp3) is 0.200. The maximum atomic E-state index is 3.24. The normalized spacial score (nSPS) is 9.64. The zero-order valence-corrected chi connectivity index (χ0v) is 14.7. The highest BCUT2D eigenvalue weighted by molar-refractivity contribution is 7.10. The van der Waals surface area contributed by atoms with Gasteiger partial charge >= 0.3 is 0 Å². The van der Waals surface area contributed by atoms with Crippen molar-refractivity contribution in [3.05, 3.63) is 80.2 Å². The lowest BCUT2D eigenvalue weighted by Crippen LogP contribution is -1.91. The molecule has 0 aliphatic rings. The predicted octanol–water partition coefficient (Wildman–Crippen LogP) is 6.13. The fourth-order valence-electron chi connectivity index (χ4n) is 1.91. The first-order valence-electron chi connectivity index (χ1n) is 7.23. The smallest absolute Gasteiger partial charge is 0.0779 e. The predicted molar refractivity (Wildman–Crippen MR) is 98.7 cm³/mol. The summed E-state index contributed by atoms with van der Waals surface area (Å²) in [6.45, 7) is 6.49. The Hall–Kier alpha value is -1.82. The summed E-state index contributed by atoms with van der Waals surface area (Å²) in [6, 6.07) is 16.4. The molecule has 0 aliphatic carbocycles. The van der Waals surface area contributed by atoms with Crippen LogP contribution in [0.2, 0.25) is 0 Å². The van der Waals surface area contributed by atoms with Crippen molar-refractivity contribution in [3.8, 4) is 11.8 Å². The minimum Gasteiger partial charge on any atom is -0.149 e. The number of benzene rings is 1. The topological polar surface area (TPSA) is 0 Å². The van der Waals surface area contributed by atoms with E-state index in [2.05, 4.69) is 73.7 Å². The Morgan fingerprint density at radius 1 is 1.00 bits per heavy atom. The van der Waals surface area contributed by atoms with Gasteiger partial charge in [0, 0.05) is 15.8 Å². The van der Waals surface area contributed by atoms with Gasteiger partial charge in [-0.15, -0.1) is 22.7 Å². The van der Waals surface area contributed by atoms with Crippen LogP contribution in [0, 0.1) is 24.1 Å². The van der Waals surface area contributed by atoms with Crippen LogP contribution < -0.4 is 0 Å². The molecule has 2 aromatic heterocycles. The first kappa shape index (κ1) is 16.5. The van der Waals surface area contributed by atoms with Crippen molar-refractivity contribution in [1.82, 2.24) is 0 Å². The third-order valence-electron chi connectivity index (χ3n) is 3.04. The minimum absolute atomic E-state index is 0.514. The monoisotopic (exact) mass is 323 g/mol. The van der Waals surface area contributed by atoms with Crippen LogP contribution in [0.25, 0.3) is 0 Å². The van der Waals surface area contributed by atoms with Gasteiger partial charge < -0.3 is 0 Å². The van der Waals surface area contributed by atoms with Gasteiger partial charge in [-0.25, -0.2) is 0 Å². The molecule has 0 saturated carbocycles. The summed E-state index contributed by atoms with van der Waals surface area (Å²) >= 11 is 3.34. The zero-order valence-electron chi connectivity index (χ0n) is 13.1. The van der Waals surface area contributed by atoms with Crippen LogP contribution >= 0.6 is 22.7 Å². The van der Waals surface area contributed by atoms with Crippen LogP contribution in [0.3, 0.4) is 0 Å². The average Bonchev–Trinajstić information content (AvgIpc) is 3.19. The lowest BCUT2D eigenvalue weighted by atomic mass is 9.98. The van der Waals surface area contributed by atoms with Gasteiger partial charge in [-0.1, -0.05) is 50.0 Å². The van der Waals surface area contributed by atoms with Crippen LogP contribution in [-0.4, -0.2) is 0 Å². The molecule has 0 saturated heterocycles. The molecule has 0 amide bonds. The molecule has 0 fully saturated rings. The number of hydrogen-bond acceptors (Lipinski definition) is 2. The van der Waals surface area contributed by atoms with Gasteiger partial charge in [0.1, 0.15) is 0 Å². The van der Waals surface area contributed by atoms with Crippen molar-refractivity contribution in [2.75, 3.05) is 0 Å². The summed E-state index contributed by atoms with van der Waals surface area (Å²) in [7, 11) is 0. The molecule has 2 heterocycles. The molecular formula is C20H19S2. The van der Waals surface area contributed by atoms with E-state index in [0.717, 1.165) is 10.4 Å². The zero-order chi connectivity index (χ0) is 15.8. The second kappa shape index (κ2) is 8.58. The van der Waals surface area contributed by atoms with Gasteiger partial charge in [-0.05, 0) is 48.1 Å². The largest absolute Gasteiger partial charge is 0.149 e. The Morgan fingerprint density at radius 2 is 1.82 bits per heavy atom. The Kier molecular flexibility index (Phi) is 6.45. The number of thiophene rings is 2. The summed E-state index contributed by atoms with van der Waals surface area (Å²) in [4.78, 5) is 2.45. The quantitative estimate of drug-likeness (QED) is 0.473. The van der Waals surface area contributed by atoms with Crippen LogP contribution in [0.1, 0.15) is 40.6 Å². The lowest BCUT2D eigenvalue weighted by molar-refractivity contribution is 0.863. The first-order chi connectivity index (χ1) is 10.7. The second-order valence-electron chi connectivity index (χ2n) is 5.13. The van der Waals surface area contributed by atoms with E-state index in [1.165, 1.54) is 10.4 Å². The van der Waals surface area contributed by atoms with Crippen molar-refractivity contribution < 1.29 is 0 Å². The van der Waals surface area contributed by atoms with Gasteiger partial charge in [0.15, 0.2) is 0 Å². The Morgan fingerprint density at radius 3 is 2.36 bits per heavy atom. The van der Waals surface area contributed by atoms with E-state index in [0.29, 0.717) is 5.92 Å². The van der Waals surface area contributed by atoms with Gasteiger partial charge in [-0.2, -0.15) is 0 Å². The van der Waals surface area contributed by atoms with E-state index < -0.39 is 0 Å². The molecule has 3 rings (SSSR count). The highest BCUT2D eigenvalue weighted by Crippen LogP contribution is 2.18. The van der Waals surface area contributed by atoms with Crippen molar-refractivity contribution in [2.45, 2.75) is 26.7 Å². The first-order valence-corrected chi connectivity index (χ1v) is 8.93. The molecule has 3 aromatic rings. The van der Waals surface area contributed by atoms with E-state index in [4.69, 9.17) is 0 Å². The number of aryl methyl sites for hydroxylation is 1. The molecule has 0 unspecified atom stereocenters. The molecule has 0 N–H and O–H groups in total. The van der Waals surface area contributed by atoms with Gasteiger partial charge in [0.05, 0.1) is 4.88 Å². The highest BCUT2D eigenvalue weighted by Gasteiger charge is 2.02. The van der Waals surface area contributed by atoms with Crippen LogP contribution in [0.5, 0.6) is 0 Å². The van der Waals surface area contributed by atoms with Crippen LogP contribution in [0.4, 0.5) is 0 Å². The molecule has 1 radical (unpaired) electrons. The third kappa shape index (κ3) is 5.18. The van der Waals surface area contributed by atoms with Gasteiger partial charge in [0.25, 0.3) is 0 Å². The van der Waals surface area contributed by atoms with Crippen molar-refractivity contribution in [2.24, 2.45) is 0 Å². The Labute approximate surface area is 141 Å². The van der Waals surface area contributed by atoms with E-state index in [1.54, 1.807) is 22.7 Å². The molecule has 22 heavy (non-hydrogen) atoms. The van der Waals surface area contributed by atoms with Crippen molar-refractivity contribution in [3.63, 3.8) is 0 Å². The molecule has 111 valence electrons. The molecule has 0 nitrogen and oxygen atoms in total. The maximum Gasteiger partial charge on any atom is 0.0779 e. The van der Waals surface area contributed by atoms with E-state index in [-0.39, 0.29) is 0 Å². The Balaban J connectivity index is 0.000000246. The average molecular weight is 324 g/mol. The molecule has 0 bridgehead atoms. The fourth-order valence-corrected chi connectivity index (χ4v) is 2.94. The van der Waals surface area contributed by atoms with E-state index in [9.17, 15) is 0 Å². The highest BCUT2D eigenvalue weighted by atomic mass is 32.1. The summed E-state index contributed by atoms with van der Waals surface area (Å²) in [6.07, 6.45) is 0. The third-order valence-corrected chi connectivity index (χ3v) is 4.55. The maximum absolute atomic E-state index is 3.24. The SMILES string of the molecule is CC(C)c1ccccc1C#Cc1cc[c]s1.Cc1cccs1. The van der Waals surface area contributed by atoms with Crippen LogP contribution in [-0.2, 0) is 0 Å². The molecule has 2 heteroatoms. The Bertz CT molecular complexity index is 724. The molecule has 1 aromatic carbocycles. The number of rotatable bonds is 1. The van der Waals surface area contributed by atoms with E-state index in [1.807, 2.05) is 18.2 Å². The molecule has 0 spiro atoms. The number of hydrogen-bond donors (Lipinski definition) is 0. The second-order valence-corrected chi connectivity index (χ2v) is 7.16. The summed E-state index contributed by atoms with van der Waals surface area (Å²) < 4.78 is 0.